The first kappa shape index (κ1) is 15.6. The van der Waals surface area contributed by atoms with E-state index in [0.717, 1.165) is 21.3 Å². The first-order chi connectivity index (χ1) is 9.51. The number of rotatable bonds is 4. The molecule has 0 aliphatic rings. The fourth-order valence-corrected chi connectivity index (χ4v) is 3.05. The number of hydrogen-bond acceptors (Lipinski definition) is 1. The van der Waals surface area contributed by atoms with Gasteiger partial charge in [-0.2, -0.15) is 0 Å². The van der Waals surface area contributed by atoms with Gasteiger partial charge in [0.1, 0.15) is 11.5 Å². The summed E-state index contributed by atoms with van der Waals surface area (Å²) >= 11 is 7.01. The van der Waals surface area contributed by atoms with Crippen LogP contribution in [0.25, 0.3) is 0 Å². The van der Waals surface area contributed by atoms with Crippen LogP contribution < -0.4 is 4.74 Å². The van der Waals surface area contributed by atoms with E-state index in [0.29, 0.717) is 5.92 Å². The van der Waals surface area contributed by atoms with E-state index in [1.165, 1.54) is 16.7 Å². The molecule has 0 heterocycles. The normalized spacial score (nSPS) is 10.9. The fourth-order valence-electron chi connectivity index (χ4n) is 2.20. The SMILES string of the molecule is Cc1cc(Oc2ccc(CBr)cc2Br)ccc1C(C)C. The lowest BCUT2D eigenvalue weighted by Gasteiger charge is -2.13. The Bertz CT molecular complexity index is 606. The van der Waals surface area contributed by atoms with Crippen molar-refractivity contribution in [3.05, 3.63) is 57.6 Å². The predicted molar refractivity (Wildman–Crippen MR) is 92.1 cm³/mol. The Morgan fingerprint density at radius 1 is 1.10 bits per heavy atom. The van der Waals surface area contributed by atoms with Gasteiger partial charge in [-0.05, 0) is 69.7 Å². The van der Waals surface area contributed by atoms with Crippen LogP contribution in [0.1, 0.15) is 36.5 Å². The molecule has 0 N–H and O–H groups in total. The summed E-state index contributed by atoms with van der Waals surface area (Å²) in [5.41, 5.74) is 3.85. The summed E-state index contributed by atoms with van der Waals surface area (Å²) in [6.07, 6.45) is 0. The molecule has 0 spiro atoms. The summed E-state index contributed by atoms with van der Waals surface area (Å²) in [4.78, 5) is 0. The third-order valence-corrected chi connectivity index (χ3v) is 4.51. The topological polar surface area (TPSA) is 9.23 Å². The largest absolute Gasteiger partial charge is 0.456 e. The highest BCUT2D eigenvalue weighted by Crippen LogP contribution is 2.32. The Morgan fingerprint density at radius 3 is 2.40 bits per heavy atom. The number of hydrogen-bond donors (Lipinski definition) is 0. The zero-order valence-electron chi connectivity index (χ0n) is 11.9. The van der Waals surface area contributed by atoms with Crippen molar-refractivity contribution >= 4 is 31.9 Å². The second kappa shape index (κ2) is 6.77. The molecule has 0 aromatic heterocycles. The molecule has 0 saturated heterocycles. The molecule has 2 rings (SSSR count). The molecule has 0 bridgehead atoms. The molecule has 2 aromatic rings. The smallest absolute Gasteiger partial charge is 0.141 e. The van der Waals surface area contributed by atoms with Crippen LogP contribution in [-0.2, 0) is 5.33 Å². The van der Waals surface area contributed by atoms with Crippen LogP contribution in [0.5, 0.6) is 11.5 Å². The Hall–Kier alpha value is -0.800. The van der Waals surface area contributed by atoms with E-state index in [1.54, 1.807) is 0 Å². The Kier molecular flexibility index (Phi) is 5.28. The van der Waals surface area contributed by atoms with Gasteiger partial charge in [-0.3, -0.25) is 0 Å². The Morgan fingerprint density at radius 2 is 1.85 bits per heavy atom. The fraction of sp³-hybridized carbons (Fsp3) is 0.294. The molecular weight excluding hydrogens is 380 g/mol. The average molecular weight is 398 g/mol. The lowest BCUT2D eigenvalue weighted by molar-refractivity contribution is 0.478. The minimum atomic E-state index is 0.536. The van der Waals surface area contributed by atoms with Crippen LogP contribution in [0.15, 0.2) is 40.9 Å². The second-order valence-corrected chi connectivity index (χ2v) is 6.59. The molecule has 106 valence electrons. The maximum absolute atomic E-state index is 5.96. The van der Waals surface area contributed by atoms with Crippen LogP contribution >= 0.6 is 31.9 Å². The van der Waals surface area contributed by atoms with Crippen molar-refractivity contribution < 1.29 is 4.74 Å². The van der Waals surface area contributed by atoms with Crippen LogP contribution in [0.4, 0.5) is 0 Å². The van der Waals surface area contributed by atoms with Crippen LogP contribution in [0.3, 0.4) is 0 Å². The van der Waals surface area contributed by atoms with E-state index in [-0.39, 0.29) is 0 Å². The molecule has 0 amide bonds. The third-order valence-electron chi connectivity index (χ3n) is 3.24. The summed E-state index contributed by atoms with van der Waals surface area (Å²) in [6.45, 7) is 6.54. The van der Waals surface area contributed by atoms with Crippen LogP contribution in [0.2, 0.25) is 0 Å². The first-order valence-corrected chi connectivity index (χ1v) is 8.55. The van der Waals surface area contributed by atoms with Crippen molar-refractivity contribution in [2.24, 2.45) is 0 Å². The molecule has 20 heavy (non-hydrogen) atoms. The van der Waals surface area contributed by atoms with Gasteiger partial charge in [-0.1, -0.05) is 41.9 Å². The molecule has 0 radical (unpaired) electrons. The highest BCUT2D eigenvalue weighted by atomic mass is 79.9. The highest BCUT2D eigenvalue weighted by Gasteiger charge is 2.07. The average Bonchev–Trinajstić information content (AvgIpc) is 2.40. The van der Waals surface area contributed by atoms with Gasteiger partial charge >= 0.3 is 0 Å². The molecule has 0 unspecified atom stereocenters. The van der Waals surface area contributed by atoms with Gasteiger partial charge < -0.3 is 4.74 Å². The van der Waals surface area contributed by atoms with Crippen LogP contribution in [0, 0.1) is 6.92 Å². The van der Waals surface area contributed by atoms with Crippen molar-refractivity contribution in [3.63, 3.8) is 0 Å². The van der Waals surface area contributed by atoms with Crippen molar-refractivity contribution in [3.8, 4) is 11.5 Å². The van der Waals surface area contributed by atoms with Gasteiger partial charge in [0.05, 0.1) is 4.47 Å². The first-order valence-electron chi connectivity index (χ1n) is 6.64. The summed E-state index contributed by atoms with van der Waals surface area (Å²) in [6, 6.07) is 12.4. The Balaban J connectivity index is 2.24. The minimum absolute atomic E-state index is 0.536. The van der Waals surface area contributed by atoms with Gasteiger partial charge in [0, 0.05) is 5.33 Å². The van der Waals surface area contributed by atoms with Gasteiger partial charge in [0.15, 0.2) is 0 Å². The zero-order chi connectivity index (χ0) is 14.7. The van der Waals surface area contributed by atoms with E-state index in [4.69, 9.17) is 4.74 Å². The molecule has 0 aliphatic carbocycles. The summed E-state index contributed by atoms with van der Waals surface area (Å²) in [7, 11) is 0. The van der Waals surface area contributed by atoms with Gasteiger partial charge in [0.25, 0.3) is 0 Å². The van der Waals surface area contributed by atoms with Crippen molar-refractivity contribution in [1.82, 2.24) is 0 Å². The second-order valence-electron chi connectivity index (χ2n) is 5.17. The number of alkyl halides is 1. The number of ether oxygens (including phenoxy) is 1. The standard InChI is InChI=1S/C17H18Br2O/c1-11(2)15-6-5-14(8-12(15)3)20-17-7-4-13(10-18)9-16(17)19/h4-9,11H,10H2,1-3H3. The number of halogens is 2. The molecule has 3 heteroatoms. The third kappa shape index (κ3) is 3.64. The van der Waals surface area contributed by atoms with Gasteiger partial charge in [0.2, 0.25) is 0 Å². The van der Waals surface area contributed by atoms with Gasteiger partial charge in [-0.15, -0.1) is 0 Å². The molecule has 0 atom stereocenters. The number of aryl methyl sites for hydroxylation is 1. The lowest BCUT2D eigenvalue weighted by atomic mass is 9.98. The van der Waals surface area contributed by atoms with Crippen molar-refractivity contribution in [1.29, 1.82) is 0 Å². The highest BCUT2D eigenvalue weighted by molar-refractivity contribution is 9.10. The Labute approximate surface area is 137 Å². The lowest BCUT2D eigenvalue weighted by Crippen LogP contribution is -1.93. The zero-order valence-corrected chi connectivity index (χ0v) is 15.1. The van der Waals surface area contributed by atoms with E-state index >= 15 is 0 Å². The minimum Gasteiger partial charge on any atom is -0.456 e. The summed E-state index contributed by atoms with van der Waals surface area (Å²) in [5, 5.41) is 0.841. The maximum atomic E-state index is 5.96. The quantitative estimate of drug-likeness (QED) is 0.530. The van der Waals surface area contributed by atoms with E-state index in [2.05, 4.69) is 76.9 Å². The maximum Gasteiger partial charge on any atom is 0.141 e. The molecular formula is C17H18Br2O. The van der Waals surface area contributed by atoms with Crippen molar-refractivity contribution in [2.45, 2.75) is 32.0 Å². The van der Waals surface area contributed by atoms with Crippen LogP contribution in [-0.4, -0.2) is 0 Å². The van der Waals surface area contributed by atoms with Gasteiger partial charge in [-0.25, -0.2) is 0 Å². The summed E-state index contributed by atoms with van der Waals surface area (Å²) in [5.74, 6) is 2.25. The molecule has 2 aromatic carbocycles. The molecule has 0 aliphatic heterocycles. The van der Waals surface area contributed by atoms with E-state index < -0.39 is 0 Å². The number of benzene rings is 2. The molecule has 0 fully saturated rings. The molecule has 1 nitrogen and oxygen atoms in total. The molecule has 0 saturated carbocycles. The summed E-state index contributed by atoms with van der Waals surface area (Å²) < 4.78 is 6.93. The predicted octanol–water partition coefficient (Wildman–Crippen LogP) is 6.57. The monoisotopic (exact) mass is 396 g/mol. The van der Waals surface area contributed by atoms with E-state index in [1.807, 2.05) is 12.1 Å². The van der Waals surface area contributed by atoms with E-state index in [9.17, 15) is 0 Å². The van der Waals surface area contributed by atoms with Crippen molar-refractivity contribution in [2.75, 3.05) is 0 Å².